The lowest BCUT2D eigenvalue weighted by Gasteiger charge is -2.43. The number of ether oxygens (including phenoxy) is 1. The van der Waals surface area contributed by atoms with Crippen LogP contribution in [0.2, 0.25) is 5.02 Å². The van der Waals surface area contributed by atoms with Crippen LogP contribution in [0.4, 0.5) is 11.5 Å². The number of nitrogens with one attached hydrogen (secondary N) is 1. The van der Waals surface area contributed by atoms with E-state index in [2.05, 4.69) is 43.7 Å². The molecule has 4 aromatic heterocycles. The maximum atomic E-state index is 13.3. The molecule has 11 nitrogen and oxygen atoms in total. The zero-order chi connectivity index (χ0) is 30.5. The predicted octanol–water partition coefficient (Wildman–Crippen LogP) is 4.41. The van der Waals surface area contributed by atoms with Crippen LogP contribution >= 0.6 is 11.6 Å². The van der Waals surface area contributed by atoms with Crippen molar-refractivity contribution in [1.29, 1.82) is 0 Å². The number of carboxylic acids is 1. The molecule has 5 aromatic rings. The Hall–Kier alpha value is -4.61. The van der Waals surface area contributed by atoms with Crippen molar-refractivity contribution in [2.75, 3.05) is 50.1 Å². The van der Waals surface area contributed by atoms with E-state index in [4.69, 9.17) is 16.3 Å². The molecule has 2 aliphatic heterocycles. The van der Waals surface area contributed by atoms with E-state index in [9.17, 15) is 14.7 Å². The highest BCUT2D eigenvalue weighted by molar-refractivity contribution is 6.34. The summed E-state index contributed by atoms with van der Waals surface area (Å²) in [4.78, 5) is 44.3. The van der Waals surface area contributed by atoms with Crippen LogP contribution in [0, 0.1) is 0 Å². The van der Waals surface area contributed by atoms with Crippen molar-refractivity contribution >= 4 is 50.9 Å². The van der Waals surface area contributed by atoms with E-state index in [0.717, 1.165) is 54.9 Å². The number of fused-ring (bicyclic) bond motifs is 2. The Morgan fingerprint density at radius 2 is 2.00 bits per heavy atom. The van der Waals surface area contributed by atoms with Gasteiger partial charge in [-0.15, -0.1) is 0 Å². The van der Waals surface area contributed by atoms with Gasteiger partial charge in [-0.2, -0.15) is 0 Å². The molecule has 226 valence electrons. The van der Waals surface area contributed by atoms with Crippen molar-refractivity contribution in [3.63, 3.8) is 0 Å². The van der Waals surface area contributed by atoms with Crippen LogP contribution in [0.3, 0.4) is 0 Å². The summed E-state index contributed by atoms with van der Waals surface area (Å²) < 4.78 is 7.92. The fourth-order valence-electron chi connectivity index (χ4n) is 6.17. The number of benzene rings is 1. The van der Waals surface area contributed by atoms with Gasteiger partial charge in [0.15, 0.2) is 0 Å². The molecule has 1 atom stereocenters. The quantitative estimate of drug-likeness (QED) is 0.262. The number of nitrogens with zero attached hydrogens (tertiary/aromatic N) is 6. The van der Waals surface area contributed by atoms with Crippen molar-refractivity contribution in [3.05, 3.63) is 82.0 Å². The van der Waals surface area contributed by atoms with Gasteiger partial charge in [-0.1, -0.05) is 11.6 Å². The summed E-state index contributed by atoms with van der Waals surface area (Å²) in [5.41, 5.74) is 2.00. The number of carbonyl (C=O) groups is 1. The largest absolute Gasteiger partial charge is 0.477 e. The number of hydrogen-bond donors (Lipinski definition) is 2. The van der Waals surface area contributed by atoms with E-state index in [1.54, 1.807) is 23.0 Å². The summed E-state index contributed by atoms with van der Waals surface area (Å²) in [6, 6.07) is 11.6. The zero-order valence-electron chi connectivity index (χ0n) is 24.4. The normalized spacial score (nSPS) is 17.1. The fourth-order valence-corrected chi connectivity index (χ4v) is 6.44. The van der Waals surface area contributed by atoms with Crippen LogP contribution in [0.5, 0.6) is 5.88 Å². The Kier molecular flexibility index (Phi) is 7.14. The second-order valence-corrected chi connectivity index (χ2v) is 12.0. The fraction of sp³-hybridized carbons (Fsp3) is 0.312. The first kappa shape index (κ1) is 28.2. The van der Waals surface area contributed by atoms with Gasteiger partial charge < -0.3 is 34.1 Å². The van der Waals surface area contributed by atoms with Crippen LogP contribution in [0.25, 0.3) is 27.5 Å². The number of aromatic carboxylic acids is 1. The molecule has 12 heteroatoms. The molecule has 2 N–H and O–H groups in total. The average Bonchev–Trinajstić information content (AvgIpc) is 3.66. The molecule has 0 saturated carbocycles. The standard InChI is InChI=1S/C32H32ClN7O4/c1-37(2)21-15-38(16-21)29-6-5-19(14-36-29)40-17-24(32(42)43)30(41)23-12-25(33)28(13-27(23)40)39-11-3-4-20(39)18-44-31-22-7-9-34-26(22)8-10-35-31/h5-10,12-14,17,20-21,34H,3-4,11,15-16,18H2,1-2H3,(H,42,43). The van der Waals surface area contributed by atoms with Gasteiger partial charge in [0.25, 0.3) is 0 Å². The number of pyridine rings is 3. The number of likely N-dealkylation sites (N-methyl/N-ethyl adjacent to an activating group) is 1. The minimum absolute atomic E-state index is 0.0304. The van der Waals surface area contributed by atoms with Crippen molar-refractivity contribution < 1.29 is 14.6 Å². The molecule has 0 radical (unpaired) electrons. The van der Waals surface area contributed by atoms with Gasteiger partial charge in [-0.3, -0.25) is 4.79 Å². The topological polar surface area (TPSA) is 120 Å². The highest BCUT2D eigenvalue weighted by Gasteiger charge is 2.30. The Labute approximate surface area is 258 Å². The highest BCUT2D eigenvalue weighted by atomic mass is 35.5. The summed E-state index contributed by atoms with van der Waals surface area (Å²) >= 11 is 6.83. The van der Waals surface area contributed by atoms with Gasteiger partial charge in [0.2, 0.25) is 11.3 Å². The van der Waals surface area contributed by atoms with Gasteiger partial charge >= 0.3 is 5.97 Å². The molecule has 1 unspecified atom stereocenters. The first-order valence-corrected chi connectivity index (χ1v) is 15.0. The predicted molar refractivity (Wildman–Crippen MR) is 171 cm³/mol. The lowest BCUT2D eigenvalue weighted by Crippen LogP contribution is -2.57. The number of carboxylic acid groups (broad SMARTS) is 1. The lowest BCUT2D eigenvalue weighted by molar-refractivity contribution is 0.0695. The van der Waals surface area contributed by atoms with E-state index < -0.39 is 11.4 Å². The maximum absolute atomic E-state index is 13.3. The van der Waals surface area contributed by atoms with Gasteiger partial charge in [0.05, 0.1) is 45.1 Å². The molecule has 0 spiro atoms. The summed E-state index contributed by atoms with van der Waals surface area (Å²) in [7, 11) is 4.14. The second-order valence-electron chi connectivity index (χ2n) is 11.6. The Balaban J connectivity index is 1.23. The number of aromatic amines is 1. The third kappa shape index (κ3) is 4.91. The number of hydrogen-bond acceptors (Lipinski definition) is 8. The van der Waals surface area contributed by atoms with Crippen LogP contribution in [0.15, 0.2) is 66.0 Å². The number of rotatable bonds is 8. The monoisotopic (exact) mass is 613 g/mol. The molecule has 0 bridgehead atoms. The number of H-pyrrole nitrogens is 1. The lowest BCUT2D eigenvalue weighted by atomic mass is 10.1. The summed E-state index contributed by atoms with van der Waals surface area (Å²) in [5, 5.41) is 11.4. The van der Waals surface area contributed by atoms with E-state index in [0.29, 0.717) is 34.8 Å². The summed E-state index contributed by atoms with van der Waals surface area (Å²) in [5.74, 6) is 0.124. The molecule has 2 aliphatic rings. The molecule has 0 amide bonds. The molecule has 2 saturated heterocycles. The third-order valence-corrected chi connectivity index (χ3v) is 9.07. The highest BCUT2D eigenvalue weighted by Crippen LogP contribution is 2.36. The van der Waals surface area contributed by atoms with Crippen LogP contribution < -0.4 is 20.0 Å². The van der Waals surface area contributed by atoms with Crippen LogP contribution in [-0.4, -0.2) is 87.9 Å². The van der Waals surface area contributed by atoms with Crippen molar-refractivity contribution in [2.45, 2.75) is 24.9 Å². The SMILES string of the molecule is CN(C)C1CN(c2ccc(-n3cc(C(=O)O)c(=O)c4cc(Cl)c(N5CCCC5COc5nccc6[nH]ccc56)cc43)cn2)C1. The van der Waals surface area contributed by atoms with Crippen molar-refractivity contribution in [1.82, 2.24) is 24.4 Å². The van der Waals surface area contributed by atoms with Gasteiger partial charge in [-0.25, -0.2) is 14.8 Å². The Bertz CT molecular complexity index is 1930. The average molecular weight is 614 g/mol. The second kappa shape index (κ2) is 11.1. The molecule has 0 aliphatic carbocycles. The zero-order valence-corrected chi connectivity index (χ0v) is 25.2. The first-order chi connectivity index (χ1) is 21.3. The molecule has 6 heterocycles. The van der Waals surface area contributed by atoms with Crippen molar-refractivity contribution in [2.24, 2.45) is 0 Å². The number of anilines is 2. The minimum Gasteiger partial charge on any atom is -0.477 e. The number of aromatic nitrogens is 4. The van der Waals surface area contributed by atoms with E-state index in [-0.39, 0.29) is 17.0 Å². The van der Waals surface area contributed by atoms with E-state index in [1.807, 2.05) is 36.5 Å². The first-order valence-electron chi connectivity index (χ1n) is 14.6. The molecular weight excluding hydrogens is 582 g/mol. The molecule has 2 fully saturated rings. The van der Waals surface area contributed by atoms with Crippen LogP contribution in [-0.2, 0) is 0 Å². The summed E-state index contributed by atoms with van der Waals surface area (Å²) in [6.07, 6.45) is 8.52. The van der Waals surface area contributed by atoms with Crippen LogP contribution in [0.1, 0.15) is 23.2 Å². The van der Waals surface area contributed by atoms with E-state index >= 15 is 0 Å². The maximum Gasteiger partial charge on any atom is 0.341 e. The van der Waals surface area contributed by atoms with Gasteiger partial charge in [0, 0.05) is 49.7 Å². The van der Waals surface area contributed by atoms with Crippen molar-refractivity contribution in [3.8, 4) is 11.6 Å². The molecule has 1 aromatic carbocycles. The van der Waals surface area contributed by atoms with E-state index in [1.165, 1.54) is 6.20 Å². The molecule has 7 rings (SSSR count). The Morgan fingerprint density at radius 3 is 2.75 bits per heavy atom. The minimum atomic E-state index is -1.30. The summed E-state index contributed by atoms with van der Waals surface area (Å²) in [6.45, 7) is 2.95. The van der Waals surface area contributed by atoms with Gasteiger partial charge in [0.1, 0.15) is 18.0 Å². The molecular formula is C32H32ClN7O4. The number of halogens is 1. The Morgan fingerprint density at radius 1 is 1.16 bits per heavy atom. The van der Waals surface area contributed by atoms with Gasteiger partial charge in [-0.05, 0) is 63.3 Å². The third-order valence-electron chi connectivity index (χ3n) is 8.77. The smallest absolute Gasteiger partial charge is 0.341 e. The molecule has 44 heavy (non-hydrogen) atoms.